The van der Waals surface area contributed by atoms with Crippen molar-refractivity contribution in [3.63, 3.8) is 0 Å². The van der Waals surface area contributed by atoms with Gasteiger partial charge in [0.2, 0.25) is 23.6 Å². The summed E-state index contributed by atoms with van der Waals surface area (Å²) < 4.78 is 5.57. The SMILES string of the molecule is O=C1[C@H]2[C@H](CC=C3[C@H]2C[C@H]2C(=O)N(Cc4ccccc4)C(=O)[C@H]2[C@H]3c2ccc(OCCO)cc2)C(=O)N1Cc1ccccc1. The second-order valence-electron chi connectivity index (χ2n) is 12.2. The van der Waals surface area contributed by atoms with Gasteiger partial charge in [-0.1, -0.05) is 84.4 Å². The lowest BCUT2D eigenvalue weighted by Crippen LogP contribution is -2.43. The average Bonchev–Trinajstić information content (AvgIpc) is 3.44. The Hall–Kier alpha value is -4.56. The van der Waals surface area contributed by atoms with Crippen LogP contribution in [-0.4, -0.2) is 51.7 Å². The van der Waals surface area contributed by atoms with Crippen molar-refractivity contribution in [2.24, 2.45) is 29.6 Å². The summed E-state index contributed by atoms with van der Waals surface area (Å²) in [4.78, 5) is 58.5. The van der Waals surface area contributed by atoms with E-state index < -0.39 is 29.6 Å². The highest BCUT2D eigenvalue weighted by atomic mass is 16.5. The van der Waals surface area contributed by atoms with E-state index in [2.05, 4.69) is 6.08 Å². The number of nitrogens with zero attached hydrogens (tertiary/aromatic N) is 2. The zero-order valence-corrected chi connectivity index (χ0v) is 24.2. The van der Waals surface area contributed by atoms with Crippen LogP contribution in [0.2, 0.25) is 0 Å². The number of carbonyl (C=O) groups excluding carboxylic acids is 4. The van der Waals surface area contributed by atoms with Crippen LogP contribution < -0.4 is 4.74 Å². The Morgan fingerprint density at radius 1 is 0.659 bits per heavy atom. The lowest BCUT2D eigenvalue weighted by atomic mass is 9.57. The van der Waals surface area contributed by atoms with E-state index in [1.54, 1.807) is 0 Å². The van der Waals surface area contributed by atoms with Crippen LogP contribution in [0.1, 0.15) is 35.4 Å². The first-order chi connectivity index (χ1) is 21.5. The van der Waals surface area contributed by atoms with Crippen molar-refractivity contribution in [3.8, 4) is 5.75 Å². The van der Waals surface area contributed by atoms with Gasteiger partial charge < -0.3 is 9.84 Å². The molecule has 4 aliphatic rings. The van der Waals surface area contributed by atoms with Gasteiger partial charge in [-0.3, -0.25) is 29.0 Å². The van der Waals surface area contributed by atoms with Crippen molar-refractivity contribution < 1.29 is 29.0 Å². The number of aliphatic hydroxyl groups is 1. The summed E-state index contributed by atoms with van der Waals surface area (Å²) in [5, 5.41) is 9.16. The molecular formula is C36H34N2O6. The molecule has 1 saturated carbocycles. The molecule has 3 fully saturated rings. The van der Waals surface area contributed by atoms with Gasteiger partial charge in [0.05, 0.1) is 43.4 Å². The van der Waals surface area contributed by atoms with Crippen LogP contribution in [0.4, 0.5) is 0 Å². The molecule has 2 aliphatic heterocycles. The fourth-order valence-electron chi connectivity index (χ4n) is 7.87. The van der Waals surface area contributed by atoms with E-state index in [0.717, 1.165) is 22.3 Å². The van der Waals surface area contributed by atoms with E-state index in [1.165, 1.54) is 9.80 Å². The van der Waals surface area contributed by atoms with Crippen molar-refractivity contribution in [3.05, 3.63) is 113 Å². The summed E-state index contributed by atoms with van der Waals surface area (Å²) in [6.45, 7) is 0.485. The molecule has 0 unspecified atom stereocenters. The number of allylic oxidation sites excluding steroid dienone is 2. The molecule has 8 heteroatoms. The predicted octanol–water partition coefficient (Wildman–Crippen LogP) is 4.09. The number of imide groups is 2. The van der Waals surface area contributed by atoms with Crippen LogP contribution in [-0.2, 0) is 32.3 Å². The smallest absolute Gasteiger partial charge is 0.234 e. The fraction of sp³-hybridized carbons (Fsp3) is 0.333. The van der Waals surface area contributed by atoms with Crippen molar-refractivity contribution in [1.29, 1.82) is 0 Å². The van der Waals surface area contributed by atoms with E-state index in [9.17, 15) is 19.2 Å². The Morgan fingerprint density at radius 2 is 1.23 bits per heavy atom. The third kappa shape index (κ3) is 4.74. The molecule has 8 nitrogen and oxygen atoms in total. The molecule has 0 aromatic heterocycles. The van der Waals surface area contributed by atoms with Gasteiger partial charge in [-0.25, -0.2) is 0 Å². The van der Waals surface area contributed by atoms with Gasteiger partial charge in [0.15, 0.2) is 0 Å². The second-order valence-corrected chi connectivity index (χ2v) is 12.2. The number of ether oxygens (including phenoxy) is 1. The summed E-state index contributed by atoms with van der Waals surface area (Å²) in [5.41, 5.74) is 3.60. The normalized spacial score (nSPS) is 27.6. The molecule has 0 bridgehead atoms. The maximum absolute atomic E-state index is 14.1. The number of amides is 4. The van der Waals surface area contributed by atoms with Crippen molar-refractivity contribution in [1.82, 2.24) is 9.80 Å². The monoisotopic (exact) mass is 590 g/mol. The fourth-order valence-corrected chi connectivity index (χ4v) is 7.87. The first-order valence-corrected chi connectivity index (χ1v) is 15.3. The number of benzene rings is 3. The third-order valence-electron chi connectivity index (χ3n) is 9.80. The molecule has 2 saturated heterocycles. The van der Waals surface area contributed by atoms with Crippen molar-refractivity contribution in [2.75, 3.05) is 13.2 Å². The highest BCUT2D eigenvalue weighted by Crippen LogP contribution is 2.58. The van der Waals surface area contributed by atoms with Gasteiger partial charge in [-0.15, -0.1) is 0 Å². The Balaban J connectivity index is 1.25. The quantitative estimate of drug-likeness (QED) is 0.313. The third-order valence-corrected chi connectivity index (χ3v) is 9.80. The Kier molecular flexibility index (Phi) is 7.38. The van der Waals surface area contributed by atoms with Gasteiger partial charge in [-0.05, 0) is 47.6 Å². The van der Waals surface area contributed by atoms with Gasteiger partial charge in [0.25, 0.3) is 0 Å². The molecule has 44 heavy (non-hydrogen) atoms. The van der Waals surface area contributed by atoms with Gasteiger partial charge >= 0.3 is 0 Å². The van der Waals surface area contributed by atoms with Crippen LogP contribution in [0, 0.1) is 29.6 Å². The summed E-state index contributed by atoms with van der Waals surface area (Å²) in [6, 6.07) is 26.4. The molecule has 224 valence electrons. The highest BCUT2D eigenvalue weighted by molar-refractivity contribution is 6.08. The number of hydrogen-bond donors (Lipinski definition) is 1. The Bertz CT molecular complexity index is 1620. The standard InChI is InChI=1S/C36H34N2O6/c39-17-18-44-25-13-11-24(12-14-25)30-26-15-16-27-31(35(42)37(33(27)40)20-22-7-3-1-4-8-22)28(26)19-29-32(30)36(43)38(34(29)41)21-23-9-5-2-6-10-23/h1-15,27-32,39H,16-21H2/t27-,28+,29+,30-,31-,32+/m0/s1. The van der Waals surface area contributed by atoms with E-state index in [4.69, 9.17) is 9.84 Å². The number of carbonyl (C=O) groups is 4. The van der Waals surface area contributed by atoms with Crippen LogP contribution in [0.25, 0.3) is 0 Å². The lowest BCUT2D eigenvalue weighted by molar-refractivity contribution is -0.142. The van der Waals surface area contributed by atoms with Crippen LogP contribution in [0.3, 0.4) is 0 Å². The molecule has 0 radical (unpaired) electrons. The first-order valence-electron chi connectivity index (χ1n) is 15.3. The molecule has 4 amide bonds. The van der Waals surface area contributed by atoms with E-state index in [0.29, 0.717) is 18.6 Å². The number of fused-ring (bicyclic) bond motifs is 4. The summed E-state index contributed by atoms with van der Waals surface area (Å²) >= 11 is 0. The molecule has 0 spiro atoms. The zero-order valence-electron chi connectivity index (χ0n) is 24.2. The minimum absolute atomic E-state index is 0.104. The van der Waals surface area contributed by atoms with E-state index in [1.807, 2.05) is 84.9 Å². The summed E-state index contributed by atoms with van der Waals surface area (Å²) in [5.74, 6) is -3.12. The molecule has 2 aliphatic carbocycles. The maximum Gasteiger partial charge on any atom is 0.234 e. The Labute approximate surface area is 255 Å². The number of likely N-dealkylation sites (tertiary alicyclic amines) is 2. The zero-order chi connectivity index (χ0) is 30.4. The molecule has 3 aromatic rings. The lowest BCUT2D eigenvalue weighted by Gasteiger charge is -2.44. The van der Waals surface area contributed by atoms with Crippen LogP contribution >= 0.6 is 0 Å². The number of rotatable bonds is 8. The summed E-state index contributed by atoms with van der Waals surface area (Å²) in [7, 11) is 0. The number of aliphatic hydroxyl groups excluding tert-OH is 1. The molecule has 7 rings (SSSR count). The Morgan fingerprint density at radius 3 is 1.82 bits per heavy atom. The largest absolute Gasteiger partial charge is 0.491 e. The summed E-state index contributed by atoms with van der Waals surface area (Å²) in [6.07, 6.45) is 2.85. The van der Waals surface area contributed by atoms with Crippen LogP contribution in [0.5, 0.6) is 5.75 Å². The number of hydrogen-bond acceptors (Lipinski definition) is 6. The van der Waals surface area contributed by atoms with Gasteiger partial charge in [0, 0.05) is 5.92 Å². The van der Waals surface area contributed by atoms with Crippen LogP contribution in [0.15, 0.2) is 96.6 Å². The minimum Gasteiger partial charge on any atom is -0.491 e. The van der Waals surface area contributed by atoms with Crippen molar-refractivity contribution in [2.45, 2.75) is 31.8 Å². The second kappa shape index (κ2) is 11.5. The maximum atomic E-state index is 14.1. The molecule has 2 heterocycles. The van der Waals surface area contributed by atoms with E-state index >= 15 is 0 Å². The molecular weight excluding hydrogens is 556 g/mol. The van der Waals surface area contributed by atoms with Crippen molar-refractivity contribution >= 4 is 23.6 Å². The van der Waals surface area contributed by atoms with Gasteiger partial charge in [-0.2, -0.15) is 0 Å². The van der Waals surface area contributed by atoms with E-state index in [-0.39, 0.29) is 55.8 Å². The topological polar surface area (TPSA) is 104 Å². The average molecular weight is 591 g/mol. The molecule has 6 atom stereocenters. The minimum atomic E-state index is -0.595. The molecule has 3 aromatic carbocycles. The van der Waals surface area contributed by atoms with Gasteiger partial charge in [0.1, 0.15) is 12.4 Å². The molecule has 1 N–H and O–H groups in total. The highest BCUT2D eigenvalue weighted by Gasteiger charge is 2.61. The first kappa shape index (κ1) is 28.2. The predicted molar refractivity (Wildman–Crippen MR) is 161 cm³/mol.